The fraction of sp³-hybridized carbons (Fsp3) is 0.909. The molecule has 0 N–H and O–H groups in total. The fourth-order valence-electron chi connectivity index (χ4n) is 2.71. The molecule has 0 radical (unpaired) electrons. The lowest BCUT2D eigenvalue weighted by molar-refractivity contribution is -0.145. The second-order valence-electron chi connectivity index (χ2n) is 4.89. The minimum Gasteiger partial charge on any atom is -0.469 e. The van der Waals surface area contributed by atoms with E-state index in [1.54, 1.807) is 0 Å². The Labute approximate surface area is 79.7 Å². The van der Waals surface area contributed by atoms with Crippen LogP contribution in [0.2, 0.25) is 0 Å². The van der Waals surface area contributed by atoms with E-state index in [9.17, 15) is 4.79 Å². The van der Waals surface area contributed by atoms with Gasteiger partial charge < -0.3 is 4.74 Å². The Bertz CT molecular complexity index is 224. The van der Waals surface area contributed by atoms with Gasteiger partial charge >= 0.3 is 5.97 Å². The molecule has 0 amide bonds. The van der Waals surface area contributed by atoms with Crippen LogP contribution >= 0.6 is 0 Å². The highest BCUT2D eigenvalue weighted by Gasteiger charge is 2.51. The summed E-state index contributed by atoms with van der Waals surface area (Å²) in [5, 5.41) is 0. The van der Waals surface area contributed by atoms with E-state index >= 15 is 0 Å². The van der Waals surface area contributed by atoms with Crippen molar-refractivity contribution in [2.75, 3.05) is 7.11 Å². The Morgan fingerprint density at radius 3 is 2.85 bits per heavy atom. The second-order valence-corrected chi connectivity index (χ2v) is 4.89. The third-order valence-electron chi connectivity index (χ3n) is 4.00. The molecule has 2 rings (SSSR count). The first-order valence-electron chi connectivity index (χ1n) is 5.23. The van der Waals surface area contributed by atoms with Crippen LogP contribution in [0.4, 0.5) is 0 Å². The molecule has 2 heteroatoms. The van der Waals surface area contributed by atoms with Gasteiger partial charge in [0.2, 0.25) is 0 Å². The summed E-state index contributed by atoms with van der Waals surface area (Å²) in [6.45, 7) is 2.36. The summed E-state index contributed by atoms with van der Waals surface area (Å²) >= 11 is 0. The van der Waals surface area contributed by atoms with Crippen LogP contribution in [0.15, 0.2) is 0 Å². The quantitative estimate of drug-likeness (QED) is 0.582. The van der Waals surface area contributed by atoms with E-state index in [4.69, 9.17) is 4.74 Å². The molecule has 0 aromatic rings. The number of ether oxygens (including phenoxy) is 1. The van der Waals surface area contributed by atoms with E-state index in [0.29, 0.717) is 5.41 Å². The van der Waals surface area contributed by atoms with Crippen LogP contribution in [0, 0.1) is 17.3 Å². The molecule has 3 atom stereocenters. The van der Waals surface area contributed by atoms with Crippen molar-refractivity contribution in [3.63, 3.8) is 0 Å². The fourth-order valence-corrected chi connectivity index (χ4v) is 2.71. The van der Waals surface area contributed by atoms with Crippen molar-refractivity contribution in [3.8, 4) is 0 Å². The molecule has 0 heterocycles. The smallest absolute Gasteiger partial charge is 0.308 e. The molecule has 0 aliphatic heterocycles. The lowest BCUT2D eigenvalue weighted by Crippen LogP contribution is -2.15. The molecule has 0 aromatic carbocycles. The van der Waals surface area contributed by atoms with Crippen LogP contribution in [0.25, 0.3) is 0 Å². The highest BCUT2D eigenvalue weighted by atomic mass is 16.5. The largest absolute Gasteiger partial charge is 0.469 e. The second kappa shape index (κ2) is 3.00. The van der Waals surface area contributed by atoms with E-state index in [0.717, 1.165) is 18.8 Å². The molecule has 2 aliphatic rings. The van der Waals surface area contributed by atoms with Gasteiger partial charge in [-0.05, 0) is 43.4 Å². The van der Waals surface area contributed by atoms with Crippen molar-refractivity contribution >= 4 is 5.97 Å². The molecule has 0 saturated heterocycles. The van der Waals surface area contributed by atoms with Gasteiger partial charge in [-0.3, -0.25) is 4.79 Å². The molecular formula is C11H18O2. The van der Waals surface area contributed by atoms with Gasteiger partial charge in [0.1, 0.15) is 0 Å². The van der Waals surface area contributed by atoms with E-state index < -0.39 is 0 Å². The molecule has 13 heavy (non-hydrogen) atoms. The Balaban J connectivity index is 1.93. The Morgan fingerprint density at radius 2 is 2.15 bits per heavy atom. The lowest BCUT2D eigenvalue weighted by Gasteiger charge is -2.12. The Morgan fingerprint density at radius 1 is 1.38 bits per heavy atom. The number of carbonyl (C=O) groups is 1. The molecule has 2 nitrogen and oxygen atoms in total. The molecule has 0 aromatic heterocycles. The first kappa shape index (κ1) is 9.04. The Hall–Kier alpha value is -0.530. The standard InChI is InChI=1S/C11H18O2/c1-11-6-5-8(10(12)13-2)3-4-9(11)7-11/h8-9H,3-7H2,1-2H3. The number of esters is 1. The average molecular weight is 182 g/mol. The van der Waals surface area contributed by atoms with E-state index in [1.807, 2.05) is 0 Å². The number of fused-ring (bicyclic) bond motifs is 1. The van der Waals surface area contributed by atoms with Gasteiger partial charge in [0.25, 0.3) is 0 Å². The molecule has 0 spiro atoms. The predicted molar refractivity (Wildman–Crippen MR) is 50.2 cm³/mol. The third-order valence-corrected chi connectivity index (χ3v) is 4.00. The number of methoxy groups -OCH3 is 1. The number of rotatable bonds is 1. The van der Waals surface area contributed by atoms with E-state index in [2.05, 4.69) is 6.92 Å². The van der Waals surface area contributed by atoms with Crippen molar-refractivity contribution < 1.29 is 9.53 Å². The van der Waals surface area contributed by atoms with Crippen LogP contribution in [0.1, 0.15) is 39.0 Å². The monoisotopic (exact) mass is 182 g/mol. The third kappa shape index (κ3) is 1.59. The van der Waals surface area contributed by atoms with Gasteiger partial charge in [-0.15, -0.1) is 0 Å². The first-order chi connectivity index (χ1) is 6.15. The Kier molecular flexibility index (Phi) is 2.09. The van der Waals surface area contributed by atoms with Gasteiger partial charge in [-0.2, -0.15) is 0 Å². The van der Waals surface area contributed by atoms with Crippen LogP contribution in [-0.4, -0.2) is 13.1 Å². The van der Waals surface area contributed by atoms with Gasteiger partial charge in [0.05, 0.1) is 13.0 Å². The number of carbonyl (C=O) groups excluding carboxylic acids is 1. The maximum Gasteiger partial charge on any atom is 0.308 e. The summed E-state index contributed by atoms with van der Waals surface area (Å²) in [4.78, 5) is 11.3. The lowest BCUT2D eigenvalue weighted by atomic mass is 9.96. The molecule has 2 saturated carbocycles. The van der Waals surface area contributed by atoms with E-state index in [1.165, 1.54) is 26.4 Å². The zero-order valence-corrected chi connectivity index (χ0v) is 8.51. The van der Waals surface area contributed by atoms with Crippen LogP contribution in [0.3, 0.4) is 0 Å². The number of hydrogen-bond acceptors (Lipinski definition) is 2. The zero-order chi connectivity index (χ0) is 9.47. The van der Waals surface area contributed by atoms with Crippen molar-refractivity contribution in [1.29, 1.82) is 0 Å². The number of hydrogen-bond donors (Lipinski definition) is 0. The summed E-state index contributed by atoms with van der Waals surface area (Å²) in [5.74, 6) is 1.10. The molecule has 0 bridgehead atoms. The molecule has 74 valence electrons. The van der Waals surface area contributed by atoms with Crippen LogP contribution in [-0.2, 0) is 9.53 Å². The minimum atomic E-state index is 0.00454. The molecule has 3 unspecified atom stereocenters. The van der Waals surface area contributed by atoms with Crippen molar-refractivity contribution in [2.45, 2.75) is 39.0 Å². The molecule has 2 fully saturated rings. The SMILES string of the molecule is COC(=O)C1CCC2CC2(C)CC1. The maximum atomic E-state index is 11.3. The van der Waals surface area contributed by atoms with Crippen LogP contribution < -0.4 is 0 Å². The minimum absolute atomic E-state index is 0.00454. The first-order valence-corrected chi connectivity index (χ1v) is 5.23. The topological polar surface area (TPSA) is 26.3 Å². The van der Waals surface area contributed by atoms with Gasteiger partial charge in [-0.1, -0.05) is 6.92 Å². The van der Waals surface area contributed by atoms with E-state index in [-0.39, 0.29) is 11.9 Å². The maximum absolute atomic E-state index is 11.3. The average Bonchev–Trinajstić information content (AvgIpc) is 2.77. The summed E-state index contributed by atoms with van der Waals surface area (Å²) < 4.78 is 4.79. The van der Waals surface area contributed by atoms with Crippen molar-refractivity contribution in [2.24, 2.45) is 17.3 Å². The summed E-state index contributed by atoms with van der Waals surface area (Å²) in [5.41, 5.74) is 0.586. The molecule has 2 aliphatic carbocycles. The van der Waals surface area contributed by atoms with Crippen LogP contribution in [0.5, 0.6) is 0 Å². The zero-order valence-electron chi connectivity index (χ0n) is 8.51. The summed E-state index contributed by atoms with van der Waals surface area (Å²) in [6, 6.07) is 0. The van der Waals surface area contributed by atoms with Gasteiger partial charge in [0, 0.05) is 0 Å². The molecular weight excluding hydrogens is 164 g/mol. The summed E-state index contributed by atoms with van der Waals surface area (Å²) in [7, 11) is 1.50. The summed E-state index contributed by atoms with van der Waals surface area (Å²) in [6.07, 6.45) is 5.93. The van der Waals surface area contributed by atoms with Gasteiger partial charge in [0.15, 0.2) is 0 Å². The van der Waals surface area contributed by atoms with Crippen molar-refractivity contribution in [1.82, 2.24) is 0 Å². The van der Waals surface area contributed by atoms with Crippen molar-refractivity contribution in [3.05, 3.63) is 0 Å². The normalized spacial score (nSPS) is 43.2. The predicted octanol–water partition coefficient (Wildman–Crippen LogP) is 2.38. The highest BCUT2D eigenvalue weighted by molar-refractivity contribution is 5.72. The highest BCUT2D eigenvalue weighted by Crippen LogP contribution is 2.60. The van der Waals surface area contributed by atoms with Gasteiger partial charge in [-0.25, -0.2) is 0 Å².